The fourth-order valence-electron chi connectivity index (χ4n) is 2.83. The van der Waals surface area contributed by atoms with Gasteiger partial charge in [0.15, 0.2) is 0 Å². The standard InChI is InChI=1S/C15H25N3/c1-13-4-6-14(7-5-13)10-18(3)15(11-16)8-9-17(2)12-15/h4-7H,8-12,16H2,1-3H3. The third-order valence-corrected chi connectivity index (χ3v) is 4.25. The highest BCUT2D eigenvalue weighted by molar-refractivity contribution is 5.21. The molecular formula is C15H25N3. The maximum atomic E-state index is 6.04. The number of likely N-dealkylation sites (tertiary alicyclic amines) is 1. The molecule has 1 unspecified atom stereocenters. The minimum atomic E-state index is 0.152. The van der Waals surface area contributed by atoms with Crippen LogP contribution in [-0.2, 0) is 6.54 Å². The van der Waals surface area contributed by atoms with Crippen molar-refractivity contribution in [1.29, 1.82) is 0 Å². The van der Waals surface area contributed by atoms with Gasteiger partial charge >= 0.3 is 0 Å². The molecule has 1 heterocycles. The van der Waals surface area contributed by atoms with Crippen LogP contribution in [0, 0.1) is 6.92 Å². The third-order valence-electron chi connectivity index (χ3n) is 4.25. The van der Waals surface area contributed by atoms with Gasteiger partial charge in [-0.05, 0) is 39.5 Å². The van der Waals surface area contributed by atoms with Crippen molar-refractivity contribution in [1.82, 2.24) is 9.80 Å². The Morgan fingerprint density at radius 1 is 1.33 bits per heavy atom. The summed E-state index contributed by atoms with van der Waals surface area (Å²) in [6.45, 7) is 6.06. The third kappa shape index (κ3) is 2.74. The zero-order chi connectivity index (χ0) is 13.2. The number of hydrogen-bond donors (Lipinski definition) is 1. The molecule has 1 fully saturated rings. The lowest BCUT2D eigenvalue weighted by Crippen LogP contribution is -2.53. The molecule has 1 saturated heterocycles. The average molecular weight is 247 g/mol. The number of rotatable bonds is 4. The van der Waals surface area contributed by atoms with Crippen LogP contribution in [0.5, 0.6) is 0 Å². The lowest BCUT2D eigenvalue weighted by atomic mass is 9.96. The van der Waals surface area contributed by atoms with Crippen molar-refractivity contribution in [3.05, 3.63) is 35.4 Å². The van der Waals surface area contributed by atoms with Crippen LogP contribution in [0.3, 0.4) is 0 Å². The van der Waals surface area contributed by atoms with Crippen molar-refractivity contribution in [3.8, 4) is 0 Å². The molecule has 1 aliphatic rings. The zero-order valence-corrected chi connectivity index (χ0v) is 11.8. The van der Waals surface area contributed by atoms with E-state index in [9.17, 15) is 0 Å². The maximum Gasteiger partial charge on any atom is 0.0470 e. The first-order valence-corrected chi connectivity index (χ1v) is 6.71. The Bertz CT molecular complexity index is 387. The van der Waals surface area contributed by atoms with Gasteiger partial charge in [-0.3, -0.25) is 4.90 Å². The summed E-state index contributed by atoms with van der Waals surface area (Å²) in [6, 6.07) is 8.79. The Balaban J connectivity index is 2.06. The second-order valence-electron chi connectivity index (χ2n) is 5.76. The summed E-state index contributed by atoms with van der Waals surface area (Å²) in [5.74, 6) is 0. The number of hydrogen-bond acceptors (Lipinski definition) is 3. The Morgan fingerprint density at radius 3 is 2.50 bits per heavy atom. The summed E-state index contributed by atoms with van der Waals surface area (Å²) in [6.07, 6.45) is 1.17. The maximum absolute atomic E-state index is 6.04. The van der Waals surface area contributed by atoms with E-state index in [2.05, 4.69) is 55.1 Å². The van der Waals surface area contributed by atoms with Crippen molar-refractivity contribution in [3.63, 3.8) is 0 Å². The summed E-state index contributed by atoms with van der Waals surface area (Å²) in [7, 11) is 4.38. The average Bonchev–Trinajstić information content (AvgIpc) is 2.75. The number of nitrogens with two attached hydrogens (primary N) is 1. The SMILES string of the molecule is Cc1ccc(CN(C)C2(CN)CCN(C)C2)cc1. The Morgan fingerprint density at radius 2 is 2.00 bits per heavy atom. The Hall–Kier alpha value is -0.900. The quantitative estimate of drug-likeness (QED) is 0.874. The van der Waals surface area contributed by atoms with E-state index in [-0.39, 0.29) is 5.54 Å². The number of nitrogens with zero attached hydrogens (tertiary/aromatic N) is 2. The van der Waals surface area contributed by atoms with Crippen LogP contribution in [0.2, 0.25) is 0 Å². The van der Waals surface area contributed by atoms with Crippen LogP contribution < -0.4 is 5.73 Å². The molecule has 0 radical (unpaired) electrons. The van der Waals surface area contributed by atoms with Crippen molar-refractivity contribution < 1.29 is 0 Å². The van der Waals surface area contributed by atoms with Gasteiger partial charge in [0.05, 0.1) is 0 Å². The minimum Gasteiger partial charge on any atom is -0.329 e. The van der Waals surface area contributed by atoms with Crippen LogP contribution in [0.4, 0.5) is 0 Å². The van der Waals surface area contributed by atoms with Gasteiger partial charge in [0, 0.05) is 25.2 Å². The van der Waals surface area contributed by atoms with E-state index in [1.807, 2.05) is 0 Å². The highest BCUT2D eigenvalue weighted by Gasteiger charge is 2.38. The van der Waals surface area contributed by atoms with Gasteiger partial charge in [-0.15, -0.1) is 0 Å². The summed E-state index contributed by atoms with van der Waals surface area (Å²) in [5, 5.41) is 0. The van der Waals surface area contributed by atoms with Crippen LogP contribution in [-0.4, -0.2) is 49.1 Å². The molecule has 18 heavy (non-hydrogen) atoms. The van der Waals surface area contributed by atoms with E-state index >= 15 is 0 Å². The van der Waals surface area contributed by atoms with Crippen LogP contribution >= 0.6 is 0 Å². The molecule has 1 aromatic rings. The monoisotopic (exact) mass is 247 g/mol. The van der Waals surface area contributed by atoms with Crippen LogP contribution in [0.15, 0.2) is 24.3 Å². The summed E-state index contributed by atoms with van der Waals surface area (Å²) < 4.78 is 0. The van der Waals surface area contributed by atoms with E-state index < -0.39 is 0 Å². The first-order valence-electron chi connectivity index (χ1n) is 6.71. The first kappa shape index (κ1) is 13.5. The molecule has 0 aromatic heterocycles. The molecule has 0 spiro atoms. The van der Waals surface area contributed by atoms with Crippen molar-refractivity contribution in [2.45, 2.75) is 25.4 Å². The summed E-state index contributed by atoms with van der Waals surface area (Å²) in [4.78, 5) is 4.81. The van der Waals surface area contributed by atoms with E-state index in [4.69, 9.17) is 5.73 Å². The van der Waals surface area contributed by atoms with E-state index in [1.54, 1.807) is 0 Å². The highest BCUT2D eigenvalue weighted by atomic mass is 15.3. The number of benzene rings is 1. The smallest absolute Gasteiger partial charge is 0.0470 e. The van der Waals surface area contributed by atoms with Crippen molar-refractivity contribution in [2.75, 3.05) is 33.7 Å². The van der Waals surface area contributed by atoms with E-state index in [1.165, 1.54) is 17.5 Å². The molecule has 1 atom stereocenters. The van der Waals surface area contributed by atoms with Gasteiger partial charge in [-0.2, -0.15) is 0 Å². The lowest BCUT2D eigenvalue weighted by molar-refractivity contribution is 0.126. The molecule has 0 aliphatic carbocycles. The molecule has 1 aromatic carbocycles. The van der Waals surface area contributed by atoms with Crippen molar-refractivity contribution >= 4 is 0 Å². The normalized spacial score (nSPS) is 24.9. The molecule has 2 rings (SSSR count). The van der Waals surface area contributed by atoms with Gasteiger partial charge in [0.25, 0.3) is 0 Å². The highest BCUT2D eigenvalue weighted by Crippen LogP contribution is 2.26. The predicted octanol–water partition coefficient (Wildman–Crippen LogP) is 1.46. The molecule has 2 N–H and O–H groups in total. The van der Waals surface area contributed by atoms with Crippen LogP contribution in [0.1, 0.15) is 17.5 Å². The summed E-state index contributed by atoms with van der Waals surface area (Å²) in [5.41, 5.74) is 8.88. The Labute approximate surface area is 111 Å². The lowest BCUT2D eigenvalue weighted by Gasteiger charge is -2.38. The van der Waals surface area contributed by atoms with Gasteiger partial charge in [-0.1, -0.05) is 29.8 Å². The van der Waals surface area contributed by atoms with Gasteiger partial charge < -0.3 is 10.6 Å². The van der Waals surface area contributed by atoms with Gasteiger partial charge in [0.2, 0.25) is 0 Å². The van der Waals surface area contributed by atoms with E-state index in [0.29, 0.717) is 0 Å². The topological polar surface area (TPSA) is 32.5 Å². The second kappa shape index (κ2) is 5.39. The fraction of sp³-hybridized carbons (Fsp3) is 0.600. The number of likely N-dealkylation sites (N-methyl/N-ethyl adjacent to an activating group) is 2. The summed E-state index contributed by atoms with van der Waals surface area (Å²) >= 11 is 0. The van der Waals surface area contributed by atoms with Gasteiger partial charge in [0.1, 0.15) is 0 Å². The van der Waals surface area contributed by atoms with E-state index in [0.717, 1.165) is 26.2 Å². The van der Waals surface area contributed by atoms with Crippen LogP contribution in [0.25, 0.3) is 0 Å². The molecule has 3 heteroatoms. The predicted molar refractivity (Wildman–Crippen MR) is 76.5 cm³/mol. The zero-order valence-electron chi connectivity index (χ0n) is 11.8. The molecule has 1 aliphatic heterocycles. The molecular weight excluding hydrogens is 222 g/mol. The fourth-order valence-corrected chi connectivity index (χ4v) is 2.83. The largest absolute Gasteiger partial charge is 0.329 e. The Kier molecular flexibility index (Phi) is 4.05. The molecule has 0 amide bonds. The minimum absolute atomic E-state index is 0.152. The van der Waals surface area contributed by atoms with Gasteiger partial charge in [-0.25, -0.2) is 0 Å². The van der Waals surface area contributed by atoms with Crippen molar-refractivity contribution in [2.24, 2.45) is 5.73 Å². The molecule has 0 bridgehead atoms. The molecule has 0 saturated carbocycles. The molecule has 100 valence electrons. The number of aryl methyl sites for hydroxylation is 1. The second-order valence-corrected chi connectivity index (χ2v) is 5.76. The first-order chi connectivity index (χ1) is 8.55. The molecule has 3 nitrogen and oxygen atoms in total.